The van der Waals surface area contributed by atoms with Crippen LogP contribution in [0.3, 0.4) is 0 Å². The molecule has 0 aliphatic heterocycles. The summed E-state index contributed by atoms with van der Waals surface area (Å²) in [4.78, 5) is 4.32. The molecule has 106 valence electrons. The topological polar surface area (TPSA) is 74.2 Å². The number of aromatic nitrogens is 2. The third-order valence-corrected chi connectivity index (χ3v) is 3.01. The number of hydrogen-bond donors (Lipinski definition) is 1. The first-order valence-corrected chi connectivity index (χ1v) is 6.59. The predicted molar refractivity (Wildman–Crippen MR) is 79.7 cm³/mol. The van der Waals surface area contributed by atoms with Crippen molar-refractivity contribution in [2.75, 3.05) is 5.73 Å². The molecule has 0 saturated carbocycles. The number of hydrogen-bond acceptors (Lipinski definition) is 5. The maximum absolute atomic E-state index is 5.81. The maximum atomic E-state index is 5.81. The molecule has 5 heteroatoms. The van der Waals surface area contributed by atoms with Gasteiger partial charge in [-0.3, -0.25) is 0 Å². The number of nitrogens with two attached hydrogens (primary N) is 1. The van der Waals surface area contributed by atoms with Crippen molar-refractivity contribution in [3.8, 4) is 17.2 Å². The quantitative estimate of drug-likeness (QED) is 0.743. The molecule has 0 atom stereocenters. The van der Waals surface area contributed by atoms with Crippen LogP contribution in [0, 0.1) is 6.92 Å². The lowest BCUT2D eigenvalue weighted by atomic mass is 10.1. The van der Waals surface area contributed by atoms with Crippen molar-refractivity contribution in [1.82, 2.24) is 10.1 Å². The molecule has 2 N–H and O–H groups in total. The molecular weight excluding hydrogens is 266 g/mol. The summed E-state index contributed by atoms with van der Waals surface area (Å²) >= 11 is 0. The Morgan fingerprint density at radius 3 is 2.81 bits per heavy atom. The molecule has 1 heterocycles. The summed E-state index contributed by atoms with van der Waals surface area (Å²) < 4.78 is 10.8. The summed E-state index contributed by atoms with van der Waals surface area (Å²) in [5, 5.41) is 3.92. The van der Waals surface area contributed by atoms with E-state index >= 15 is 0 Å². The summed E-state index contributed by atoms with van der Waals surface area (Å²) in [6.45, 7) is 2.23. The van der Waals surface area contributed by atoms with Gasteiger partial charge in [0.15, 0.2) is 6.61 Å². The molecule has 0 unspecified atom stereocenters. The highest BCUT2D eigenvalue weighted by atomic mass is 16.5. The van der Waals surface area contributed by atoms with Crippen LogP contribution in [0.1, 0.15) is 11.4 Å². The molecule has 0 aliphatic carbocycles. The molecular formula is C16H15N3O2. The van der Waals surface area contributed by atoms with Crippen LogP contribution in [0.4, 0.5) is 5.69 Å². The van der Waals surface area contributed by atoms with Crippen molar-refractivity contribution in [2.24, 2.45) is 0 Å². The van der Waals surface area contributed by atoms with Gasteiger partial charge in [-0.2, -0.15) is 4.98 Å². The number of benzene rings is 2. The highest BCUT2D eigenvalue weighted by Gasteiger charge is 2.10. The summed E-state index contributed by atoms with van der Waals surface area (Å²) in [7, 11) is 0. The Morgan fingerprint density at radius 2 is 2.00 bits per heavy atom. The van der Waals surface area contributed by atoms with Crippen LogP contribution in [0.2, 0.25) is 0 Å². The molecule has 3 aromatic rings. The summed E-state index contributed by atoms with van der Waals surface area (Å²) in [5.41, 5.74) is 8.43. The van der Waals surface area contributed by atoms with Crippen molar-refractivity contribution in [2.45, 2.75) is 13.5 Å². The molecule has 5 nitrogen and oxygen atoms in total. The Morgan fingerprint density at radius 1 is 1.14 bits per heavy atom. The van der Waals surface area contributed by atoms with E-state index < -0.39 is 0 Å². The predicted octanol–water partition coefficient (Wildman–Crippen LogP) is 3.21. The minimum atomic E-state index is 0.212. The Balaban J connectivity index is 1.72. The van der Waals surface area contributed by atoms with Gasteiger partial charge in [-0.05, 0) is 31.2 Å². The molecule has 0 aliphatic rings. The molecule has 2 aromatic carbocycles. The maximum Gasteiger partial charge on any atom is 0.258 e. The van der Waals surface area contributed by atoms with Gasteiger partial charge in [0.05, 0.1) is 5.69 Å². The van der Waals surface area contributed by atoms with Crippen molar-refractivity contribution in [3.63, 3.8) is 0 Å². The zero-order chi connectivity index (χ0) is 14.7. The van der Waals surface area contributed by atoms with E-state index in [-0.39, 0.29) is 6.61 Å². The molecule has 21 heavy (non-hydrogen) atoms. The molecule has 0 amide bonds. The normalized spacial score (nSPS) is 10.5. The lowest BCUT2D eigenvalue weighted by molar-refractivity contribution is 0.288. The Kier molecular flexibility index (Phi) is 3.55. The Bertz CT molecular complexity index is 753. The third kappa shape index (κ3) is 3.02. The van der Waals surface area contributed by atoms with Gasteiger partial charge in [-0.1, -0.05) is 35.0 Å². The van der Waals surface area contributed by atoms with Crippen molar-refractivity contribution < 1.29 is 9.26 Å². The average Bonchev–Trinajstić information content (AvgIpc) is 2.95. The second-order valence-corrected chi connectivity index (χ2v) is 4.71. The number of rotatable bonds is 4. The van der Waals surface area contributed by atoms with E-state index in [0.29, 0.717) is 23.2 Å². The van der Waals surface area contributed by atoms with Crippen LogP contribution in [0.15, 0.2) is 53.1 Å². The van der Waals surface area contributed by atoms with Gasteiger partial charge in [0.25, 0.3) is 5.89 Å². The number of para-hydroxylation sites is 2. The van der Waals surface area contributed by atoms with Gasteiger partial charge < -0.3 is 15.0 Å². The standard InChI is InChI=1S/C16H15N3O2/c1-11-5-4-6-12(9-11)16-18-15(19-21-16)10-20-14-8-3-2-7-13(14)17/h2-9H,10,17H2,1H3. The van der Waals surface area contributed by atoms with Gasteiger partial charge in [-0.15, -0.1) is 0 Å². The van der Waals surface area contributed by atoms with Gasteiger partial charge in [0.1, 0.15) is 5.75 Å². The van der Waals surface area contributed by atoms with Crippen LogP contribution in [0.5, 0.6) is 5.75 Å². The second-order valence-electron chi connectivity index (χ2n) is 4.71. The molecule has 0 radical (unpaired) electrons. The first kappa shape index (κ1) is 13.2. The van der Waals surface area contributed by atoms with Gasteiger partial charge in [-0.25, -0.2) is 0 Å². The fraction of sp³-hybridized carbons (Fsp3) is 0.125. The van der Waals surface area contributed by atoms with Crippen LogP contribution < -0.4 is 10.5 Å². The highest BCUT2D eigenvalue weighted by Crippen LogP contribution is 2.22. The molecule has 0 bridgehead atoms. The first-order valence-electron chi connectivity index (χ1n) is 6.59. The fourth-order valence-electron chi connectivity index (χ4n) is 1.96. The monoisotopic (exact) mass is 281 g/mol. The van der Waals surface area contributed by atoms with Gasteiger partial charge in [0, 0.05) is 5.56 Å². The highest BCUT2D eigenvalue weighted by molar-refractivity contribution is 5.54. The van der Waals surface area contributed by atoms with Gasteiger partial charge in [0.2, 0.25) is 5.82 Å². The van der Waals surface area contributed by atoms with E-state index in [1.165, 1.54) is 0 Å². The van der Waals surface area contributed by atoms with Crippen molar-refractivity contribution in [3.05, 3.63) is 59.9 Å². The van der Waals surface area contributed by atoms with Crippen LogP contribution in [-0.2, 0) is 6.61 Å². The molecule has 0 saturated heterocycles. The Labute approximate surface area is 122 Å². The summed E-state index contributed by atoms with van der Waals surface area (Å²) in [6.07, 6.45) is 0. The fourth-order valence-corrected chi connectivity index (χ4v) is 1.96. The minimum absolute atomic E-state index is 0.212. The number of ether oxygens (including phenoxy) is 1. The number of nitrogen functional groups attached to an aromatic ring is 1. The smallest absolute Gasteiger partial charge is 0.258 e. The van der Waals surface area contributed by atoms with Crippen LogP contribution in [0.25, 0.3) is 11.5 Å². The molecule has 0 fully saturated rings. The minimum Gasteiger partial charge on any atom is -0.483 e. The van der Waals surface area contributed by atoms with Crippen molar-refractivity contribution in [1.29, 1.82) is 0 Å². The summed E-state index contributed by atoms with van der Waals surface area (Å²) in [5.74, 6) is 1.58. The number of anilines is 1. The molecule has 0 spiro atoms. The molecule has 3 rings (SSSR count). The summed E-state index contributed by atoms with van der Waals surface area (Å²) in [6, 6.07) is 15.2. The largest absolute Gasteiger partial charge is 0.483 e. The van der Waals surface area contributed by atoms with Gasteiger partial charge >= 0.3 is 0 Å². The van der Waals surface area contributed by atoms with Crippen LogP contribution in [-0.4, -0.2) is 10.1 Å². The third-order valence-electron chi connectivity index (χ3n) is 3.01. The first-order chi connectivity index (χ1) is 10.2. The lowest BCUT2D eigenvalue weighted by Gasteiger charge is -2.05. The molecule has 1 aromatic heterocycles. The number of nitrogens with zero attached hydrogens (tertiary/aromatic N) is 2. The van der Waals surface area contributed by atoms with E-state index in [2.05, 4.69) is 10.1 Å². The zero-order valence-electron chi connectivity index (χ0n) is 11.6. The number of aryl methyl sites for hydroxylation is 1. The van der Waals surface area contributed by atoms with Crippen LogP contribution >= 0.6 is 0 Å². The van der Waals surface area contributed by atoms with Crippen molar-refractivity contribution >= 4 is 5.69 Å². The van der Waals surface area contributed by atoms with E-state index in [1.54, 1.807) is 12.1 Å². The second kappa shape index (κ2) is 5.66. The lowest BCUT2D eigenvalue weighted by Crippen LogP contribution is -2.00. The van der Waals surface area contributed by atoms with E-state index in [0.717, 1.165) is 11.1 Å². The Hall–Kier alpha value is -2.82. The zero-order valence-corrected chi connectivity index (χ0v) is 11.6. The SMILES string of the molecule is Cc1cccc(-c2nc(COc3ccccc3N)no2)c1. The van der Waals surface area contributed by atoms with E-state index in [9.17, 15) is 0 Å². The van der Waals surface area contributed by atoms with E-state index in [1.807, 2.05) is 43.3 Å². The van der Waals surface area contributed by atoms with E-state index in [4.69, 9.17) is 15.0 Å². The average molecular weight is 281 g/mol.